The van der Waals surface area contributed by atoms with Gasteiger partial charge in [0.25, 0.3) is 0 Å². The minimum absolute atomic E-state index is 0.0190. The van der Waals surface area contributed by atoms with E-state index in [9.17, 15) is 14.9 Å². The Bertz CT molecular complexity index is 1980. The maximum absolute atomic E-state index is 15.3. The van der Waals surface area contributed by atoms with E-state index in [0.717, 1.165) is 12.0 Å². The van der Waals surface area contributed by atoms with Crippen LogP contribution in [0.1, 0.15) is 114 Å². The van der Waals surface area contributed by atoms with Crippen LogP contribution in [-0.4, -0.2) is 47.0 Å². The first-order valence-corrected chi connectivity index (χ1v) is 17.6. The van der Waals surface area contributed by atoms with Crippen molar-refractivity contribution in [3.05, 3.63) is 86.3 Å². The molecule has 0 amide bonds. The van der Waals surface area contributed by atoms with Crippen molar-refractivity contribution in [3.63, 3.8) is 0 Å². The lowest BCUT2D eigenvalue weighted by Crippen LogP contribution is -2.72. The fraction of sp³-hybridized carbons (Fsp3) is 0.500. The van der Waals surface area contributed by atoms with Crippen LogP contribution in [0, 0.1) is 29.7 Å². The molecular formula is C42H46N2O7. The van der Waals surface area contributed by atoms with Crippen molar-refractivity contribution in [2.45, 2.75) is 116 Å². The second kappa shape index (κ2) is 12.5. The highest BCUT2D eigenvalue weighted by molar-refractivity contribution is 6.18. The molecule has 0 radical (unpaired) electrons. The fourth-order valence-corrected chi connectivity index (χ4v) is 8.83. The van der Waals surface area contributed by atoms with E-state index < -0.39 is 46.3 Å². The van der Waals surface area contributed by atoms with Gasteiger partial charge in [-0.25, -0.2) is 11.4 Å². The average Bonchev–Trinajstić information content (AvgIpc) is 3.23. The molecular weight excluding hydrogens is 644 g/mol. The number of ether oxygens (including phenoxy) is 4. The van der Waals surface area contributed by atoms with E-state index >= 15 is 4.79 Å². The number of Topliss-reactive ketones (excluding diaryl/α,β-unsaturated/α-hetero) is 2. The van der Waals surface area contributed by atoms with E-state index in [-0.39, 0.29) is 34.9 Å². The summed E-state index contributed by atoms with van der Waals surface area (Å²) in [4.78, 5) is 46.0. The van der Waals surface area contributed by atoms with Gasteiger partial charge in [0.2, 0.25) is 0 Å². The molecule has 6 unspecified atom stereocenters. The zero-order valence-corrected chi connectivity index (χ0v) is 31.0. The van der Waals surface area contributed by atoms with E-state index in [1.54, 1.807) is 19.1 Å². The van der Waals surface area contributed by atoms with Crippen LogP contribution in [0.5, 0.6) is 11.5 Å². The lowest BCUT2D eigenvalue weighted by Gasteiger charge is -2.56. The molecule has 1 spiro atoms. The van der Waals surface area contributed by atoms with Gasteiger partial charge in [-0.05, 0) is 87.1 Å². The third-order valence-corrected chi connectivity index (χ3v) is 11.2. The molecule has 9 nitrogen and oxygen atoms in total. The van der Waals surface area contributed by atoms with Crippen molar-refractivity contribution in [3.8, 4) is 17.6 Å². The third kappa shape index (κ3) is 5.32. The number of benzene rings is 1. The number of nitrogens with zero attached hydrogens (tertiary/aromatic N) is 2. The normalized spacial score (nSPS) is 29.5. The second-order valence-corrected chi connectivity index (χ2v) is 15.7. The summed E-state index contributed by atoms with van der Waals surface area (Å²) in [5.41, 5.74) is -0.419. The lowest BCUT2D eigenvalue weighted by atomic mass is 9.51. The van der Waals surface area contributed by atoms with Crippen molar-refractivity contribution in [1.82, 2.24) is 0 Å². The predicted molar refractivity (Wildman–Crippen MR) is 192 cm³/mol. The first-order chi connectivity index (χ1) is 24.0. The number of ketones is 2. The van der Waals surface area contributed by atoms with Gasteiger partial charge in [-0.1, -0.05) is 41.5 Å². The number of hydrogen-bond donors (Lipinski definition) is 0. The highest BCUT2D eigenvalue weighted by Gasteiger charge is 2.81. The van der Waals surface area contributed by atoms with Gasteiger partial charge in [0, 0.05) is 40.5 Å². The van der Waals surface area contributed by atoms with E-state index in [0.29, 0.717) is 47.3 Å². The van der Waals surface area contributed by atoms with Gasteiger partial charge in [0.15, 0.2) is 28.8 Å². The summed E-state index contributed by atoms with van der Waals surface area (Å²) in [5.74, 6) is -1.47. The van der Waals surface area contributed by atoms with E-state index in [1.807, 2.05) is 52.8 Å². The van der Waals surface area contributed by atoms with Gasteiger partial charge in [-0.15, -0.1) is 0 Å². The highest BCUT2D eigenvalue weighted by Crippen LogP contribution is 2.68. The molecule has 6 atom stereocenters. The SMILES string of the molecule is [C-]#[N+]C(C#N)c1c2c(c(CC=C(C)C)c3c1C(=O)C1=CC4CC5C(C)(C)OC(C/C=C(/C)C(=O)OC)(C4=O)C15O3)OC(C)(CCC=C(C)C)C=C2. The Morgan fingerprint density at radius 2 is 1.80 bits per heavy atom. The summed E-state index contributed by atoms with van der Waals surface area (Å²) in [6.07, 6.45) is 13.6. The summed E-state index contributed by atoms with van der Waals surface area (Å²) in [7, 11) is 1.30. The molecule has 1 aromatic rings. The molecule has 266 valence electrons. The number of allylic oxidation sites excluding steroid dienone is 5. The Balaban J connectivity index is 1.66. The van der Waals surface area contributed by atoms with Gasteiger partial charge in [0.05, 0.1) is 23.8 Å². The van der Waals surface area contributed by atoms with E-state index in [1.165, 1.54) is 12.7 Å². The largest absolute Gasteiger partial charge is 0.482 e. The van der Waals surface area contributed by atoms with Crippen molar-refractivity contribution in [2.24, 2.45) is 11.8 Å². The number of esters is 1. The van der Waals surface area contributed by atoms with Crippen molar-refractivity contribution >= 4 is 23.6 Å². The standard InChI is InChI=1S/C42H46N2O7/c1-23(2)12-11-17-40(8)18-16-27-32(30(22-43)44-9)33-34(45)29-20-26-21-31-39(6,7)51-41(37(26)46,19-15-25(5)38(47)48-10)42(29,31)50-36(33)28(35(27)49-40)14-13-24(3)4/h12-13,15-16,18,20,26,30-31H,11,14,17,19,21H2,1-8,10H3/b25-15-. The van der Waals surface area contributed by atoms with Crippen LogP contribution in [-0.2, 0) is 25.5 Å². The molecule has 3 heterocycles. The van der Waals surface area contributed by atoms with Gasteiger partial charge in [-0.3, -0.25) is 14.4 Å². The highest BCUT2D eigenvalue weighted by atomic mass is 16.6. The van der Waals surface area contributed by atoms with Crippen LogP contribution < -0.4 is 9.47 Å². The summed E-state index contributed by atoms with van der Waals surface area (Å²) in [5, 5.41) is 10.3. The van der Waals surface area contributed by atoms with Gasteiger partial charge in [-0.2, -0.15) is 5.26 Å². The first-order valence-electron chi connectivity index (χ1n) is 17.6. The zero-order chi connectivity index (χ0) is 37.3. The fourth-order valence-electron chi connectivity index (χ4n) is 8.83. The molecule has 1 saturated carbocycles. The minimum atomic E-state index is -1.63. The van der Waals surface area contributed by atoms with Crippen molar-refractivity contribution in [2.75, 3.05) is 7.11 Å². The number of rotatable bonds is 9. The molecule has 3 aliphatic carbocycles. The summed E-state index contributed by atoms with van der Waals surface area (Å²) in [6.45, 7) is 23.5. The molecule has 1 saturated heterocycles. The predicted octanol–water partition coefficient (Wildman–Crippen LogP) is 8.11. The van der Waals surface area contributed by atoms with Gasteiger partial charge in [0.1, 0.15) is 17.1 Å². The Morgan fingerprint density at radius 3 is 2.43 bits per heavy atom. The Kier molecular flexibility index (Phi) is 8.84. The molecule has 9 heteroatoms. The molecule has 1 aromatic carbocycles. The second-order valence-electron chi connectivity index (χ2n) is 15.7. The summed E-state index contributed by atoms with van der Waals surface area (Å²) >= 11 is 0. The van der Waals surface area contributed by atoms with E-state index in [2.05, 4.69) is 30.8 Å². The van der Waals surface area contributed by atoms with Crippen LogP contribution in [0.4, 0.5) is 0 Å². The Hall–Kier alpha value is -4.73. The molecule has 3 aliphatic heterocycles. The number of hydrogen-bond acceptors (Lipinski definition) is 8. The van der Waals surface area contributed by atoms with E-state index in [4.69, 9.17) is 25.5 Å². The van der Waals surface area contributed by atoms with Crippen molar-refractivity contribution in [1.29, 1.82) is 5.26 Å². The monoisotopic (exact) mass is 690 g/mol. The molecule has 6 aliphatic rings. The maximum Gasteiger partial charge on any atom is 0.333 e. The molecule has 7 rings (SSSR count). The number of carbonyl (C=O) groups is 3. The molecule has 2 fully saturated rings. The van der Waals surface area contributed by atoms with Crippen LogP contribution in [0.25, 0.3) is 10.9 Å². The van der Waals surface area contributed by atoms with Crippen LogP contribution >= 0.6 is 0 Å². The van der Waals surface area contributed by atoms with Gasteiger partial charge < -0.3 is 18.9 Å². The quantitative estimate of drug-likeness (QED) is 0.110. The molecule has 0 N–H and O–H groups in total. The van der Waals surface area contributed by atoms with Crippen LogP contribution in [0.15, 0.2) is 52.7 Å². The zero-order valence-electron chi connectivity index (χ0n) is 31.0. The lowest BCUT2D eigenvalue weighted by molar-refractivity contribution is -0.171. The first kappa shape index (κ1) is 36.1. The number of methoxy groups -OCH3 is 1. The van der Waals surface area contributed by atoms with Crippen LogP contribution in [0.2, 0.25) is 0 Å². The Labute approximate surface area is 300 Å². The number of carbonyl (C=O) groups excluding carboxylic acids is 3. The van der Waals surface area contributed by atoms with Crippen LogP contribution in [0.3, 0.4) is 0 Å². The molecule has 0 aromatic heterocycles. The summed E-state index contributed by atoms with van der Waals surface area (Å²) in [6, 6.07) is 0.798. The third-order valence-electron chi connectivity index (χ3n) is 11.2. The summed E-state index contributed by atoms with van der Waals surface area (Å²) < 4.78 is 26.0. The number of fused-ring (bicyclic) bond motifs is 2. The number of nitriles is 1. The smallest absolute Gasteiger partial charge is 0.333 e. The minimum Gasteiger partial charge on any atom is -0.482 e. The average molecular weight is 691 g/mol. The Morgan fingerprint density at radius 1 is 1.10 bits per heavy atom. The van der Waals surface area contributed by atoms with Gasteiger partial charge >= 0.3 is 12.0 Å². The van der Waals surface area contributed by atoms with Crippen molar-refractivity contribution < 1.29 is 33.3 Å². The molecule has 51 heavy (non-hydrogen) atoms. The molecule has 4 bridgehead atoms. The maximum atomic E-state index is 15.3. The topological polar surface area (TPSA) is 116 Å².